The van der Waals surface area contributed by atoms with Crippen LogP contribution in [0.4, 0.5) is 0 Å². The van der Waals surface area contributed by atoms with Crippen LogP contribution in [-0.4, -0.2) is 23.2 Å². The van der Waals surface area contributed by atoms with Gasteiger partial charge in [0.2, 0.25) is 0 Å². The first kappa shape index (κ1) is 34.5. The maximum Gasteiger partial charge on any atom is 0.290 e. The van der Waals surface area contributed by atoms with E-state index in [-0.39, 0.29) is 25.2 Å². The minimum atomic E-state index is -0.250. The van der Waals surface area contributed by atoms with E-state index in [1.807, 2.05) is 0 Å². The summed E-state index contributed by atoms with van der Waals surface area (Å²) in [5, 5.41) is 21.1. The van der Waals surface area contributed by atoms with Crippen molar-refractivity contribution in [2.75, 3.05) is 0 Å². The monoisotopic (exact) mass is 167 g/mol. The molecule has 0 aromatic heterocycles. The molecular formula is C4H13N3O4. The van der Waals surface area contributed by atoms with E-state index in [1.165, 1.54) is 6.92 Å². The molecule has 0 unspecified atom stereocenters. The zero-order valence-corrected chi connectivity index (χ0v) is 6.23. The molecule has 0 aromatic rings. The van der Waals surface area contributed by atoms with E-state index in [0.29, 0.717) is 0 Å². The van der Waals surface area contributed by atoms with Crippen LogP contribution < -0.4 is 12.3 Å². The number of rotatable bonds is 0. The molecular weight excluding hydrogens is 154 g/mol. The number of hydrogen-bond acceptors (Lipinski definition) is 5. The second kappa shape index (κ2) is 248. The van der Waals surface area contributed by atoms with Crippen LogP contribution in [-0.2, 0) is 9.59 Å². The van der Waals surface area contributed by atoms with Crippen molar-refractivity contribution in [1.29, 1.82) is 5.26 Å². The molecule has 0 aliphatic heterocycles. The highest BCUT2D eigenvalue weighted by Gasteiger charge is 1.22. The van der Waals surface area contributed by atoms with Crippen LogP contribution in [0.25, 0.3) is 0 Å². The number of hydrogen-bond donors (Lipinski definition) is 4. The van der Waals surface area contributed by atoms with Gasteiger partial charge in [0.05, 0.1) is 6.07 Å². The predicted molar refractivity (Wildman–Crippen MR) is 38.7 cm³/mol. The van der Waals surface area contributed by atoms with Crippen LogP contribution in [0, 0.1) is 11.3 Å². The first-order chi connectivity index (χ1) is 4.24. The van der Waals surface area contributed by atoms with Gasteiger partial charge in [-0.05, 0) is 0 Å². The van der Waals surface area contributed by atoms with Gasteiger partial charge in [-0.25, -0.2) is 0 Å². The van der Waals surface area contributed by atoms with Crippen molar-refractivity contribution < 1.29 is 19.8 Å². The lowest BCUT2D eigenvalue weighted by atomic mass is 11.0. The molecule has 7 nitrogen and oxygen atoms in total. The molecule has 0 rings (SSSR count). The zero-order chi connectivity index (χ0) is 8.12. The molecule has 0 heterocycles. The fourth-order valence-electron chi connectivity index (χ4n) is 0. The summed E-state index contributed by atoms with van der Waals surface area (Å²) in [6.45, 7) is 0.931. The smallest absolute Gasteiger partial charge is 0.290 e. The molecule has 8 N–H and O–H groups in total. The number of nitrogens with zero attached hydrogens (tertiary/aromatic N) is 1. The van der Waals surface area contributed by atoms with Crippen LogP contribution in [0.3, 0.4) is 0 Å². The van der Waals surface area contributed by atoms with E-state index in [0.717, 1.165) is 0 Å². The van der Waals surface area contributed by atoms with Crippen LogP contribution in [0.5, 0.6) is 0 Å². The van der Waals surface area contributed by atoms with Gasteiger partial charge < -0.3 is 22.5 Å². The van der Waals surface area contributed by atoms with Crippen LogP contribution in [0.15, 0.2) is 0 Å². The molecule has 0 spiro atoms. The second-order valence-corrected chi connectivity index (χ2v) is 0.434. The minimum absolute atomic E-state index is 0. The van der Waals surface area contributed by atoms with Gasteiger partial charge in [-0.1, -0.05) is 0 Å². The van der Waals surface area contributed by atoms with Crippen LogP contribution in [0.1, 0.15) is 6.92 Å². The molecule has 0 aromatic carbocycles. The minimum Gasteiger partial charge on any atom is -0.483 e. The Hall–Kier alpha value is -1.65. The van der Waals surface area contributed by atoms with E-state index < -0.39 is 0 Å². The number of carboxylic acid groups (broad SMARTS) is 2. The van der Waals surface area contributed by atoms with Gasteiger partial charge in [-0.2, -0.15) is 5.26 Å². The maximum absolute atomic E-state index is 8.36. The third kappa shape index (κ3) is 124. The Balaban J connectivity index is -0.0000000150. The lowest BCUT2D eigenvalue weighted by Gasteiger charge is -1.34. The molecule has 0 aliphatic rings. The van der Waals surface area contributed by atoms with Gasteiger partial charge in [0.15, 0.2) is 0 Å². The lowest BCUT2D eigenvalue weighted by Crippen LogP contribution is -1.49. The van der Waals surface area contributed by atoms with Gasteiger partial charge >= 0.3 is 0 Å². The van der Waals surface area contributed by atoms with Crippen molar-refractivity contribution in [3.05, 3.63) is 0 Å². The summed E-state index contributed by atoms with van der Waals surface area (Å²) in [7, 11) is 0. The average molecular weight is 167 g/mol. The molecule has 11 heavy (non-hydrogen) atoms. The Labute approximate surface area is 64.4 Å². The summed E-state index contributed by atoms with van der Waals surface area (Å²) in [5.74, 6) is 0. The summed E-state index contributed by atoms with van der Waals surface area (Å²) >= 11 is 0. The number of nitriles is 1. The molecule has 0 saturated carbocycles. The maximum atomic E-state index is 8.36. The predicted octanol–water partition coefficient (Wildman–Crippen LogP) is 0.255. The number of carbonyl (C=O) groups is 2. The SMILES string of the molecule is CC#N.N.N.O=CO.O=CO. The lowest BCUT2D eigenvalue weighted by molar-refractivity contribution is -0.123. The van der Waals surface area contributed by atoms with Gasteiger partial charge in [-0.15, -0.1) is 0 Å². The summed E-state index contributed by atoms with van der Waals surface area (Å²) in [6, 6.07) is 1.75. The van der Waals surface area contributed by atoms with Crippen LogP contribution in [0.2, 0.25) is 0 Å². The van der Waals surface area contributed by atoms with E-state index in [1.54, 1.807) is 6.07 Å². The van der Waals surface area contributed by atoms with E-state index in [4.69, 9.17) is 25.1 Å². The zero-order valence-electron chi connectivity index (χ0n) is 6.23. The topological polar surface area (TPSA) is 168 Å². The third-order valence-electron chi connectivity index (χ3n) is 0. The molecule has 0 amide bonds. The highest BCUT2D eigenvalue weighted by atomic mass is 16.3. The Kier molecular flexibility index (Phi) is 775. The second-order valence-electron chi connectivity index (χ2n) is 0.434. The molecule has 7 heteroatoms. The summed E-state index contributed by atoms with van der Waals surface area (Å²) in [5.41, 5.74) is 0. The Bertz CT molecular complexity index is 83.8. The van der Waals surface area contributed by atoms with Crippen molar-refractivity contribution in [3.8, 4) is 6.07 Å². The fraction of sp³-hybridized carbons (Fsp3) is 0.250. The van der Waals surface area contributed by atoms with Crippen molar-refractivity contribution >= 4 is 12.9 Å². The van der Waals surface area contributed by atoms with E-state index in [2.05, 4.69) is 0 Å². The Morgan fingerprint density at radius 2 is 1.18 bits per heavy atom. The van der Waals surface area contributed by atoms with E-state index in [9.17, 15) is 0 Å². The van der Waals surface area contributed by atoms with Crippen molar-refractivity contribution in [3.63, 3.8) is 0 Å². The average Bonchev–Trinajstić information content (AvgIpc) is 1.70. The Morgan fingerprint density at radius 1 is 1.18 bits per heavy atom. The summed E-state index contributed by atoms with van der Waals surface area (Å²) < 4.78 is 0. The van der Waals surface area contributed by atoms with Gasteiger partial charge in [-0.3, -0.25) is 9.59 Å². The Morgan fingerprint density at radius 3 is 1.18 bits per heavy atom. The molecule has 68 valence electrons. The molecule has 0 fully saturated rings. The molecule has 0 bridgehead atoms. The van der Waals surface area contributed by atoms with Crippen molar-refractivity contribution in [1.82, 2.24) is 12.3 Å². The van der Waals surface area contributed by atoms with Crippen LogP contribution >= 0.6 is 0 Å². The third-order valence-corrected chi connectivity index (χ3v) is 0. The first-order valence-electron chi connectivity index (χ1n) is 1.71. The molecule has 0 saturated heterocycles. The van der Waals surface area contributed by atoms with Crippen molar-refractivity contribution in [2.45, 2.75) is 6.92 Å². The van der Waals surface area contributed by atoms with Gasteiger partial charge in [0.25, 0.3) is 12.9 Å². The van der Waals surface area contributed by atoms with E-state index >= 15 is 0 Å². The largest absolute Gasteiger partial charge is 0.483 e. The molecule has 0 radical (unpaired) electrons. The highest BCUT2D eigenvalue weighted by Crippen LogP contribution is 1.21. The van der Waals surface area contributed by atoms with Gasteiger partial charge in [0, 0.05) is 6.92 Å². The molecule has 0 atom stereocenters. The normalized spacial score (nSPS) is 2.91. The summed E-state index contributed by atoms with van der Waals surface area (Å²) in [4.78, 5) is 16.7. The fourth-order valence-corrected chi connectivity index (χ4v) is 0. The first-order valence-corrected chi connectivity index (χ1v) is 1.71. The highest BCUT2D eigenvalue weighted by molar-refractivity contribution is 5.32. The summed E-state index contributed by atoms with van der Waals surface area (Å²) in [6.07, 6.45) is 0. The quantitative estimate of drug-likeness (QED) is 0.374. The van der Waals surface area contributed by atoms with Crippen molar-refractivity contribution in [2.24, 2.45) is 0 Å². The molecule has 0 aliphatic carbocycles. The standard InChI is InChI=1S/C2H3N.2CH2O2.2H3N/c1-2-3;2*2-1-3;;/h1H3;2*1H,(H,2,3);2*1H3. The van der Waals surface area contributed by atoms with Gasteiger partial charge in [0.1, 0.15) is 0 Å².